The van der Waals surface area contributed by atoms with Gasteiger partial charge in [0, 0.05) is 16.7 Å². The minimum Gasteiger partial charge on any atom is -0.462 e. The second-order valence-corrected chi connectivity index (χ2v) is 7.69. The van der Waals surface area contributed by atoms with Gasteiger partial charge in [-0.2, -0.15) is 5.10 Å². The van der Waals surface area contributed by atoms with Gasteiger partial charge in [-0.3, -0.25) is 14.3 Å². The molecular formula is C21H23N3O4S. The van der Waals surface area contributed by atoms with Crippen LogP contribution in [0.4, 0.5) is 5.00 Å². The van der Waals surface area contributed by atoms with E-state index >= 15 is 0 Å². The lowest BCUT2D eigenvalue weighted by atomic mass is 10.1. The molecule has 0 spiro atoms. The number of carbonyl (C=O) groups is 2. The summed E-state index contributed by atoms with van der Waals surface area (Å²) in [5.41, 5.74) is 1.87. The number of aromatic nitrogens is 2. The highest BCUT2D eigenvalue weighted by Crippen LogP contribution is 2.34. The Bertz CT molecular complexity index is 1120. The van der Waals surface area contributed by atoms with Crippen LogP contribution in [0, 0.1) is 6.92 Å². The van der Waals surface area contributed by atoms with Crippen LogP contribution in [0.2, 0.25) is 0 Å². The number of nitrogens with one attached hydrogen (secondary N) is 1. The molecule has 0 fully saturated rings. The molecule has 1 aromatic carbocycles. The largest absolute Gasteiger partial charge is 0.462 e. The number of aryl methyl sites for hydroxylation is 2. The van der Waals surface area contributed by atoms with E-state index in [-0.39, 0.29) is 24.4 Å². The molecule has 7 nitrogen and oxygen atoms in total. The summed E-state index contributed by atoms with van der Waals surface area (Å²) in [5, 5.41) is 8.07. The van der Waals surface area contributed by atoms with Crippen LogP contribution in [0.3, 0.4) is 0 Å². The first kappa shape index (κ1) is 20.7. The van der Waals surface area contributed by atoms with Crippen molar-refractivity contribution in [2.75, 3.05) is 11.9 Å². The fraction of sp³-hybridized carbons (Fsp3) is 0.333. The number of para-hydroxylation sites is 1. The zero-order valence-corrected chi connectivity index (χ0v) is 17.5. The summed E-state index contributed by atoms with van der Waals surface area (Å²) in [6, 6.07) is 7.16. The third-order valence-corrected chi connectivity index (χ3v) is 5.67. The molecule has 0 unspecified atom stereocenters. The SMILES string of the molecule is CCOC(=O)c1c(NC(=O)CCn2ncc(=O)c3ccccc32)sc(C)c1CC. The van der Waals surface area contributed by atoms with Crippen LogP contribution >= 0.6 is 11.3 Å². The second-order valence-electron chi connectivity index (χ2n) is 6.46. The molecule has 0 bridgehead atoms. The van der Waals surface area contributed by atoms with Gasteiger partial charge in [0.2, 0.25) is 11.3 Å². The molecule has 0 aliphatic rings. The maximum absolute atomic E-state index is 12.6. The number of fused-ring (bicyclic) bond motifs is 1. The van der Waals surface area contributed by atoms with E-state index in [1.807, 2.05) is 19.9 Å². The Morgan fingerprint density at radius 1 is 1.24 bits per heavy atom. The topological polar surface area (TPSA) is 90.3 Å². The number of hydrogen-bond acceptors (Lipinski definition) is 6. The maximum atomic E-state index is 12.6. The first-order chi connectivity index (χ1) is 14.0. The molecule has 0 radical (unpaired) electrons. The van der Waals surface area contributed by atoms with E-state index in [2.05, 4.69) is 10.4 Å². The van der Waals surface area contributed by atoms with Crippen LogP contribution in [-0.2, 0) is 22.5 Å². The number of nitrogens with zero attached hydrogens (tertiary/aromatic N) is 2. The minimum atomic E-state index is -0.419. The van der Waals surface area contributed by atoms with Crippen LogP contribution in [0.15, 0.2) is 35.3 Å². The molecule has 3 aromatic rings. The zero-order chi connectivity index (χ0) is 21.0. The molecule has 0 aliphatic heterocycles. The summed E-state index contributed by atoms with van der Waals surface area (Å²) < 4.78 is 6.81. The smallest absolute Gasteiger partial charge is 0.341 e. The third-order valence-electron chi connectivity index (χ3n) is 4.61. The normalized spacial score (nSPS) is 10.9. The highest BCUT2D eigenvalue weighted by Gasteiger charge is 2.23. The maximum Gasteiger partial charge on any atom is 0.341 e. The molecule has 0 atom stereocenters. The number of anilines is 1. The standard InChI is InChI=1S/C21H23N3O4S/c1-4-14-13(3)29-20(19(14)21(27)28-5-2)23-18(26)10-11-24-16-9-7-6-8-15(16)17(25)12-22-24/h6-9,12H,4-5,10-11H2,1-3H3,(H,23,26). The molecule has 2 aromatic heterocycles. The van der Waals surface area contributed by atoms with Crippen molar-refractivity contribution in [1.82, 2.24) is 9.78 Å². The highest BCUT2D eigenvalue weighted by atomic mass is 32.1. The van der Waals surface area contributed by atoms with E-state index in [4.69, 9.17) is 4.74 Å². The Morgan fingerprint density at radius 2 is 2.00 bits per heavy atom. The fourth-order valence-electron chi connectivity index (χ4n) is 3.25. The van der Waals surface area contributed by atoms with Crippen molar-refractivity contribution in [2.24, 2.45) is 0 Å². The van der Waals surface area contributed by atoms with E-state index in [0.29, 0.717) is 34.4 Å². The van der Waals surface area contributed by atoms with Crippen LogP contribution in [0.25, 0.3) is 10.9 Å². The lowest BCUT2D eigenvalue weighted by Gasteiger charge is -2.10. The van der Waals surface area contributed by atoms with Crippen LogP contribution in [-0.4, -0.2) is 28.3 Å². The van der Waals surface area contributed by atoms with Crippen LogP contribution in [0.1, 0.15) is 41.1 Å². The second kappa shape index (κ2) is 9.00. The van der Waals surface area contributed by atoms with Gasteiger partial charge >= 0.3 is 5.97 Å². The van der Waals surface area contributed by atoms with Gasteiger partial charge in [0.25, 0.3) is 0 Å². The van der Waals surface area contributed by atoms with Crippen molar-refractivity contribution in [3.05, 3.63) is 56.7 Å². The lowest BCUT2D eigenvalue weighted by molar-refractivity contribution is -0.116. The predicted molar refractivity (Wildman–Crippen MR) is 114 cm³/mol. The first-order valence-electron chi connectivity index (χ1n) is 9.50. The number of rotatable bonds is 7. The average molecular weight is 413 g/mol. The molecule has 1 N–H and O–H groups in total. The Kier molecular flexibility index (Phi) is 6.43. The molecule has 0 saturated heterocycles. The fourth-order valence-corrected chi connectivity index (χ4v) is 4.40. The summed E-state index contributed by atoms with van der Waals surface area (Å²) in [5.74, 6) is -0.652. The molecule has 29 heavy (non-hydrogen) atoms. The number of hydrogen-bond donors (Lipinski definition) is 1. The summed E-state index contributed by atoms with van der Waals surface area (Å²) >= 11 is 1.38. The van der Waals surface area contributed by atoms with Crippen LogP contribution < -0.4 is 10.7 Å². The Hall–Kier alpha value is -3.00. The minimum absolute atomic E-state index is 0.151. The molecule has 152 valence electrons. The molecular weight excluding hydrogens is 390 g/mol. The number of ether oxygens (including phenoxy) is 1. The Balaban J connectivity index is 1.78. The molecule has 8 heteroatoms. The average Bonchev–Trinajstić information content (AvgIpc) is 3.02. The van der Waals surface area contributed by atoms with Gasteiger partial charge in [0.1, 0.15) is 5.00 Å². The van der Waals surface area contributed by atoms with Gasteiger partial charge in [0.15, 0.2) is 0 Å². The van der Waals surface area contributed by atoms with Gasteiger partial charge in [-0.25, -0.2) is 4.79 Å². The van der Waals surface area contributed by atoms with Crippen molar-refractivity contribution >= 4 is 39.1 Å². The first-order valence-corrected chi connectivity index (χ1v) is 10.3. The number of benzene rings is 1. The van der Waals surface area contributed by atoms with Crippen molar-refractivity contribution in [2.45, 2.75) is 40.2 Å². The quantitative estimate of drug-likeness (QED) is 0.599. The number of carbonyl (C=O) groups excluding carboxylic acids is 2. The lowest BCUT2D eigenvalue weighted by Crippen LogP contribution is -2.19. The Labute approximate surface area is 172 Å². The number of esters is 1. The monoisotopic (exact) mass is 413 g/mol. The molecule has 0 aliphatic carbocycles. The summed E-state index contributed by atoms with van der Waals surface area (Å²) in [4.78, 5) is 37.9. The summed E-state index contributed by atoms with van der Waals surface area (Å²) in [6.45, 7) is 6.24. The van der Waals surface area contributed by atoms with Gasteiger partial charge in [-0.05, 0) is 38.0 Å². The number of thiophene rings is 1. The molecule has 0 saturated carbocycles. The predicted octanol–water partition coefficient (Wildman–Crippen LogP) is 3.53. The zero-order valence-electron chi connectivity index (χ0n) is 16.7. The number of amides is 1. The molecule has 2 heterocycles. The van der Waals surface area contributed by atoms with Crippen molar-refractivity contribution < 1.29 is 14.3 Å². The van der Waals surface area contributed by atoms with Gasteiger partial charge in [0.05, 0.1) is 30.4 Å². The van der Waals surface area contributed by atoms with Gasteiger partial charge in [-0.1, -0.05) is 19.1 Å². The summed E-state index contributed by atoms with van der Waals surface area (Å²) in [7, 11) is 0. The highest BCUT2D eigenvalue weighted by molar-refractivity contribution is 7.16. The molecule has 3 rings (SSSR count). The van der Waals surface area contributed by atoms with E-state index < -0.39 is 5.97 Å². The van der Waals surface area contributed by atoms with E-state index in [1.165, 1.54) is 17.5 Å². The van der Waals surface area contributed by atoms with Gasteiger partial charge in [-0.15, -0.1) is 11.3 Å². The molecule has 1 amide bonds. The van der Waals surface area contributed by atoms with E-state index in [9.17, 15) is 14.4 Å². The van der Waals surface area contributed by atoms with E-state index in [0.717, 1.165) is 10.4 Å². The third kappa shape index (κ3) is 4.37. The van der Waals surface area contributed by atoms with E-state index in [1.54, 1.807) is 29.8 Å². The summed E-state index contributed by atoms with van der Waals surface area (Å²) in [6.07, 6.45) is 2.09. The van der Waals surface area contributed by atoms with Gasteiger partial charge < -0.3 is 10.1 Å². The van der Waals surface area contributed by atoms with Crippen LogP contribution in [0.5, 0.6) is 0 Å². The van der Waals surface area contributed by atoms with Crippen molar-refractivity contribution in [1.29, 1.82) is 0 Å². The van der Waals surface area contributed by atoms with Crippen molar-refractivity contribution in [3.63, 3.8) is 0 Å². The van der Waals surface area contributed by atoms with Crippen molar-refractivity contribution in [3.8, 4) is 0 Å². The Morgan fingerprint density at radius 3 is 2.72 bits per heavy atom.